The van der Waals surface area contributed by atoms with Gasteiger partial charge in [0.2, 0.25) is 11.6 Å². The van der Waals surface area contributed by atoms with Crippen molar-refractivity contribution in [3.05, 3.63) is 111 Å². The quantitative estimate of drug-likeness (QED) is 0.492. The first kappa shape index (κ1) is 20.0. The molecule has 0 spiro atoms. The maximum atomic E-state index is 13.2. The Bertz CT molecular complexity index is 1370. The van der Waals surface area contributed by atoms with Crippen LogP contribution in [-0.4, -0.2) is 14.2 Å². The van der Waals surface area contributed by atoms with E-state index < -0.39 is 17.1 Å². The third-order valence-electron chi connectivity index (χ3n) is 4.71. The normalized spacial score (nSPS) is 11.2. The van der Waals surface area contributed by atoms with Crippen molar-refractivity contribution in [2.75, 3.05) is 0 Å². The van der Waals surface area contributed by atoms with Gasteiger partial charge in [-0.15, -0.1) is 5.11 Å². The molecule has 0 saturated heterocycles. The van der Waals surface area contributed by atoms with E-state index in [-0.39, 0.29) is 5.69 Å². The van der Waals surface area contributed by atoms with Crippen LogP contribution in [-0.2, 0) is 0 Å². The molecule has 1 aromatic heterocycles. The van der Waals surface area contributed by atoms with Crippen LogP contribution in [0.3, 0.4) is 0 Å². The summed E-state index contributed by atoms with van der Waals surface area (Å²) in [4.78, 5) is 26.4. The Labute approximate surface area is 178 Å². The Hall–Kier alpha value is -4.26. The number of hydrogen-bond acceptors (Lipinski definition) is 5. The van der Waals surface area contributed by atoms with E-state index in [0.29, 0.717) is 17.1 Å². The number of aromatic nitrogens is 2. The molecular formula is C24H20N4O3. The fourth-order valence-electron chi connectivity index (χ4n) is 3.40. The first-order valence-corrected chi connectivity index (χ1v) is 9.67. The zero-order valence-corrected chi connectivity index (χ0v) is 17.1. The second-order valence-corrected chi connectivity index (χ2v) is 7.15. The second-order valence-electron chi connectivity index (χ2n) is 7.15. The summed E-state index contributed by atoms with van der Waals surface area (Å²) in [5, 5.41) is 19.1. The number of aromatic hydroxyl groups is 1. The third-order valence-corrected chi connectivity index (χ3v) is 4.71. The molecule has 31 heavy (non-hydrogen) atoms. The van der Waals surface area contributed by atoms with Gasteiger partial charge >= 0.3 is 5.69 Å². The van der Waals surface area contributed by atoms with E-state index in [2.05, 4.69) is 10.2 Å². The van der Waals surface area contributed by atoms with E-state index in [4.69, 9.17) is 0 Å². The number of benzene rings is 3. The van der Waals surface area contributed by atoms with E-state index >= 15 is 0 Å². The van der Waals surface area contributed by atoms with Crippen molar-refractivity contribution in [2.24, 2.45) is 10.2 Å². The van der Waals surface area contributed by atoms with Gasteiger partial charge < -0.3 is 5.11 Å². The van der Waals surface area contributed by atoms with Gasteiger partial charge in [0, 0.05) is 0 Å². The van der Waals surface area contributed by atoms with Gasteiger partial charge in [0.1, 0.15) is 0 Å². The van der Waals surface area contributed by atoms with E-state index in [9.17, 15) is 14.7 Å². The van der Waals surface area contributed by atoms with Gasteiger partial charge in [-0.2, -0.15) is 5.11 Å². The maximum absolute atomic E-state index is 13.2. The molecule has 0 bridgehead atoms. The molecule has 0 amide bonds. The topological polar surface area (TPSA) is 88.9 Å². The highest BCUT2D eigenvalue weighted by Crippen LogP contribution is 2.27. The van der Waals surface area contributed by atoms with Crippen LogP contribution < -0.4 is 11.2 Å². The smallest absolute Gasteiger partial charge is 0.343 e. The molecular weight excluding hydrogens is 392 g/mol. The molecule has 0 saturated carbocycles. The van der Waals surface area contributed by atoms with Crippen LogP contribution in [0.2, 0.25) is 0 Å². The van der Waals surface area contributed by atoms with Crippen molar-refractivity contribution in [1.82, 2.24) is 9.13 Å². The summed E-state index contributed by atoms with van der Waals surface area (Å²) in [5.41, 5.74) is 1.51. The fraction of sp³-hybridized carbons (Fsp3) is 0.0833. The lowest BCUT2D eigenvalue weighted by Gasteiger charge is -2.13. The molecule has 4 rings (SSSR count). The summed E-state index contributed by atoms with van der Waals surface area (Å²) in [6.07, 6.45) is 0. The third kappa shape index (κ3) is 3.93. The molecule has 7 heteroatoms. The summed E-state index contributed by atoms with van der Waals surface area (Å²) in [5.74, 6) is -0.568. The molecule has 1 N–H and O–H groups in total. The average Bonchev–Trinajstić information content (AvgIpc) is 2.74. The van der Waals surface area contributed by atoms with Crippen LogP contribution >= 0.6 is 0 Å². The van der Waals surface area contributed by atoms with Crippen LogP contribution in [0.4, 0.5) is 11.4 Å². The van der Waals surface area contributed by atoms with Crippen LogP contribution in [0.15, 0.2) is 98.7 Å². The molecule has 4 aromatic rings. The van der Waals surface area contributed by atoms with Crippen LogP contribution in [0.5, 0.6) is 5.88 Å². The highest BCUT2D eigenvalue weighted by molar-refractivity contribution is 5.52. The standard InChI is InChI=1S/C24H20N4O3/c1-16-13-17(2)15-18(14-16)25-26-21-22(29)27(19-9-5-3-6-10-19)24(31)28(23(21)30)20-11-7-4-8-12-20/h3-15,29H,1-2H3. The van der Waals surface area contributed by atoms with Gasteiger partial charge in [-0.25, -0.2) is 13.9 Å². The highest BCUT2D eigenvalue weighted by atomic mass is 16.3. The minimum absolute atomic E-state index is 0.327. The largest absolute Gasteiger partial charge is 0.492 e. The first-order chi connectivity index (χ1) is 15.0. The SMILES string of the molecule is Cc1cc(C)cc(N=Nc2c(O)n(-c3ccccc3)c(=O)n(-c3ccccc3)c2=O)c1. The predicted octanol–water partition coefficient (Wildman–Crippen LogP) is 4.73. The zero-order valence-electron chi connectivity index (χ0n) is 17.1. The Morgan fingerprint density at radius 2 is 1.23 bits per heavy atom. The summed E-state index contributed by atoms with van der Waals surface area (Å²) in [7, 11) is 0. The predicted molar refractivity (Wildman–Crippen MR) is 119 cm³/mol. The van der Waals surface area contributed by atoms with E-state index in [1.54, 1.807) is 60.7 Å². The summed E-state index contributed by atoms with van der Waals surface area (Å²) in [6, 6.07) is 22.7. The molecule has 0 aliphatic heterocycles. The number of nitrogens with zero attached hydrogens (tertiary/aromatic N) is 4. The van der Waals surface area contributed by atoms with Crippen LogP contribution in [0, 0.1) is 13.8 Å². The summed E-state index contributed by atoms with van der Waals surface area (Å²) < 4.78 is 2.02. The van der Waals surface area contributed by atoms with Gasteiger partial charge in [0.25, 0.3) is 5.56 Å². The van der Waals surface area contributed by atoms with Gasteiger partial charge in [-0.1, -0.05) is 42.5 Å². The van der Waals surface area contributed by atoms with Crippen molar-refractivity contribution in [1.29, 1.82) is 0 Å². The number of azo groups is 1. The molecule has 0 aliphatic carbocycles. The fourth-order valence-corrected chi connectivity index (χ4v) is 3.40. The molecule has 0 fully saturated rings. The Balaban J connectivity index is 2.00. The van der Waals surface area contributed by atoms with Gasteiger partial charge in [0.15, 0.2) is 0 Å². The second kappa shape index (κ2) is 8.23. The van der Waals surface area contributed by atoms with E-state index in [1.165, 1.54) is 0 Å². The van der Waals surface area contributed by atoms with Crippen LogP contribution in [0.25, 0.3) is 11.4 Å². The Morgan fingerprint density at radius 3 is 1.77 bits per heavy atom. The molecule has 7 nitrogen and oxygen atoms in total. The number of aryl methyl sites for hydroxylation is 2. The monoisotopic (exact) mass is 412 g/mol. The zero-order chi connectivity index (χ0) is 22.0. The molecule has 0 atom stereocenters. The first-order valence-electron chi connectivity index (χ1n) is 9.67. The Morgan fingerprint density at radius 1 is 0.710 bits per heavy atom. The van der Waals surface area contributed by atoms with Crippen molar-refractivity contribution in [3.63, 3.8) is 0 Å². The van der Waals surface area contributed by atoms with Crippen molar-refractivity contribution < 1.29 is 5.11 Å². The lowest BCUT2D eigenvalue weighted by molar-refractivity contribution is 0.430. The lowest BCUT2D eigenvalue weighted by Crippen LogP contribution is -2.37. The average molecular weight is 412 g/mol. The Kier molecular flexibility index (Phi) is 5.32. The lowest BCUT2D eigenvalue weighted by atomic mass is 10.1. The molecule has 0 radical (unpaired) electrons. The number of rotatable bonds is 4. The molecule has 0 aliphatic rings. The van der Waals surface area contributed by atoms with Crippen molar-refractivity contribution >= 4 is 11.4 Å². The summed E-state index contributed by atoms with van der Waals surface area (Å²) in [6.45, 7) is 3.86. The van der Waals surface area contributed by atoms with Gasteiger partial charge in [-0.05, 0) is 61.4 Å². The minimum atomic E-state index is -0.756. The van der Waals surface area contributed by atoms with Crippen molar-refractivity contribution in [2.45, 2.75) is 13.8 Å². The maximum Gasteiger partial charge on any atom is 0.343 e. The van der Waals surface area contributed by atoms with E-state index in [0.717, 1.165) is 20.3 Å². The molecule has 0 unspecified atom stereocenters. The molecule has 154 valence electrons. The van der Waals surface area contributed by atoms with Gasteiger partial charge in [-0.3, -0.25) is 4.79 Å². The van der Waals surface area contributed by atoms with E-state index in [1.807, 2.05) is 32.0 Å². The number of hydrogen-bond donors (Lipinski definition) is 1. The van der Waals surface area contributed by atoms with Crippen molar-refractivity contribution in [3.8, 4) is 17.3 Å². The van der Waals surface area contributed by atoms with Gasteiger partial charge in [0.05, 0.1) is 17.1 Å². The number of para-hydroxylation sites is 2. The minimum Gasteiger partial charge on any atom is -0.492 e. The molecule has 1 heterocycles. The van der Waals surface area contributed by atoms with Crippen LogP contribution in [0.1, 0.15) is 11.1 Å². The molecule has 3 aromatic carbocycles. The highest BCUT2D eigenvalue weighted by Gasteiger charge is 2.21. The summed E-state index contributed by atoms with van der Waals surface area (Å²) >= 11 is 0.